The largest absolute Gasteiger partial charge is 0.453 e. The number of aryl methyl sites for hydroxylation is 1. The molecule has 2 saturated heterocycles. The standard InChI is InChI=1S/C47H52N10O6/c1-28(2)41(55-47(61)63-4)45(59)57-23-9-13-40(57)43-49-26-37(52-43)31-17-15-30(16-18-31)36-25-48-35-24-32(19-21-33(35)51-36)38-27-50-42(53-38)39-12-8-22-56(39)44(58)34(54-46(60)62-3)20-14-29-10-6-5-7-11-29/h5-7,10-11,15-19,21,24-28,34,39-41H,8-9,12-14,20,22-23H2,1-4H3,(H,49,52)(H,50,53)(H,54,60)(H,55,61)/t34-,39-,40-,41-/m0/s1. The molecule has 6 aromatic rings. The van der Waals surface area contributed by atoms with Crippen molar-refractivity contribution in [3.63, 3.8) is 0 Å². The zero-order valence-corrected chi connectivity index (χ0v) is 35.8. The summed E-state index contributed by atoms with van der Waals surface area (Å²) < 4.78 is 9.62. The second-order valence-electron chi connectivity index (χ2n) is 16.4. The minimum Gasteiger partial charge on any atom is -0.453 e. The first kappa shape index (κ1) is 42.6. The number of hydrogen-bond donors (Lipinski definition) is 4. The van der Waals surface area contributed by atoms with Crippen LogP contribution in [0.4, 0.5) is 9.59 Å². The Hall–Kier alpha value is -7.10. The quantitative estimate of drug-likeness (QED) is 0.0926. The summed E-state index contributed by atoms with van der Waals surface area (Å²) in [5, 5.41) is 5.45. The molecule has 3 aromatic carbocycles. The van der Waals surface area contributed by atoms with E-state index in [1.807, 2.05) is 91.5 Å². The molecule has 8 rings (SSSR count). The summed E-state index contributed by atoms with van der Waals surface area (Å²) in [6.07, 6.45) is 8.28. The number of aromatic nitrogens is 6. The van der Waals surface area contributed by atoms with Gasteiger partial charge in [0, 0.05) is 24.2 Å². The van der Waals surface area contributed by atoms with Gasteiger partial charge in [0.05, 0.1) is 73.0 Å². The van der Waals surface area contributed by atoms with E-state index in [0.717, 1.165) is 76.1 Å². The molecule has 0 aliphatic carbocycles. The number of ether oxygens (including phenoxy) is 2. The van der Waals surface area contributed by atoms with Crippen LogP contribution >= 0.6 is 0 Å². The Balaban J connectivity index is 0.928. The lowest BCUT2D eigenvalue weighted by Crippen LogP contribution is -2.51. The molecule has 16 nitrogen and oxygen atoms in total. The molecule has 4 atom stereocenters. The van der Waals surface area contributed by atoms with Gasteiger partial charge in [-0.2, -0.15) is 0 Å². The topological polar surface area (TPSA) is 200 Å². The van der Waals surface area contributed by atoms with Gasteiger partial charge in [-0.25, -0.2) is 24.5 Å². The molecule has 326 valence electrons. The van der Waals surface area contributed by atoms with E-state index in [9.17, 15) is 19.2 Å². The monoisotopic (exact) mass is 852 g/mol. The van der Waals surface area contributed by atoms with Crippen molar-refractivity contribution >= 4 is 35.0 Å². The number of carbonyl (C=O) groups excluding carboxylic acids is 4. The normalized spacial score (nSPS) is 17.2. The summed E-state index contributed by atoms with van der Waals surface area (Å²) in [6.45, 7) is 4.93. The van der Waals surface area contributed by atoms with Crippen LogP contribution in [0, 0.1) is 5.92 Å². The van der Waals surface area contributed by atoms with E-state index in [1.54, 1.807) is 23.5 Å². The van der Waals surface area contributed by atoms with E-state index in [4.69, 9.17) is 24.4 Å². The highest BCUT2D eigenvalue weighted by Gasteiger charge is 2.38. The fourth-order valence-electron chi connectivity index (χ4n) is 8.57. The lowest BCUT2D eigenvalue weighted by molar-refractivity contribution is -0.135. The SMILES string of the molecule is COC(=O)N[C@@H](CCc1ccccc1)C(=O)N1CCC[C@H]1c1ncc(-c2ccc3nc(-c4ccc(-c5cnc([C@@H]6CCCN6C(=O)[C@@H](NC(=O)OC)C(C)C)[nH]5)cc4)cnc3c2)[nH]1. The van der Waals surface area contributed by atoms with Crippen LogP contribution in [0.3, 0.4) is 0 Å². The number of fused-ring (bicyclic) bond motifs is 1. The van der Waals surface area contributed by atoms with Crippen molar-refractivity contribution in [3.05, 3.63) is 109 Å². The number of carbonyl (C=O) groups is 4. The number of H-pyrrole nitrogens is 2. The molecular weight excluding hydrogens is 801 g/mol. The van der Waals surface area contributed by atoms with Gasteiger partial charge in [-0.1, -0.05) is 74.5 Å². The smallest absolute Gasteiger partial charge is 0.407 e. The Bertz CT molecular complexity index is 2570. The predicted molar refractivity (Wildman–Crippen MR) is 236 cm³/mol. The number of amides is 4. The van der Waals surface area contributed by atoms with E-state index in [-0.39, 0.29) is 29.8 Å². The van der Waals surface area contributed by atoms with Gasteiger partial charge in [-0.05, 0) is 67.7 Å². The van der Waals surface area contributed by atoms with Crippen LogP contribution in [0.5, 0.6) is 0 Å². The number of nitrogens with one attached hydrogen (secondary N) is 4. The molecule has 4 N–H and O–H groups in total. The van der Waals surface area contributed by atoms with Crippen molar-refractivity contribution < 1.29 is 28.7 Å². The second-order valence-corrected chi connectivity index (χ2v) is 16.4. The lowest BCUT2D eigenvalue weighted by Gasteiger charge is -2.30. The minimum atomic E-state index is -0.740. The third kappa shape index (κ3) is 9.39. The maximum Gasteiger partial charge on any atom is 0.407 e. The number of nitrogens with zero attached hydrogens (tertiary/aromatic N) is 6. The molecule has 0 saturated carbocycles. The van der Waals surface area contributed by atoms with Crippen LogP contribution in [-0.4, -0.2) is 103 Å². The Morgan fingerprint density at radius 1 is 0.698 bits per heavy atom. The summed E-state index contributed by atoms with van der Waals surface area (Å²) in [7, 11) is 2.58. The van der Waals surface area contributed by atoms with Gasteiger partial charge in [0.15, 0.2) is 0 Å². The van der Waals surface area contributed by atoms with Gasteiger partial charge < -0.3 is 39.9 Å². The van der Waals surface area contributed by atoms with Crippen LogP contribution < -0.4 is 10.6 Å². The van der Waals surface area contributed by atoms with Crippen molar-refractivity contribution in [2.24, 2.45) is 5.92 Å². The Labute approximate surface area is 365 Å². The zero-order chi connectivity index (χ0) is 44.0. The number of aromatic amines is 2. The number of imidazole rings is 2. The van der Waals surface area contributed by atoms with Crippen molar-refractivity contribution in [3.8, 4) is 33.8 Å². The number of hydrogen-bond acceptors (Lipinski definition) is 10. The highest BCUT2D eigenvalue weighted by Crippen LogP contribution is 2.35. The molecule has 2 fully saturated rings. The third-order valence-corrected chi connectivity index (χ3v) is 12.0. The van der Waals surface area contributed by atoms with Crippen molar-refractivity contribution in [1.29, 1.82) is 0 Å². The van der Waals surface area contributed by atoms with E-state index in [1.165, 1.54) is 14.2 Å². The first-order valence-electron chi connectivity index (χ1n) is 21.4. The van der Waals surface area contributed by atoms with Crippen molar-refractivity contribution in [1.82, 2.24) is 50.3 Å². The molecule has 0 spiro atoms. The highest BCUT2D eigenvalue weighted by molar-refractivity contribution is 5.87. The molecule has 2 aliphatic heterocycles. The fourth-order valence-corrected chi connectivity index (χ4v) is 8.57. The Morgan fingerprint density at radius 2 is 1.29 bits per heavy atom. The molecule has 3 aromatic heterocycles. The molecular formula is C47H52N10O6. The molecule has 0 bridgehead atoms. The number of rotatable bonds is 13. The number of benzene rings is 3. The molecule has 0 unspecified atom stereocenters. The Morgan fingerprint density at radius 3 is 1.92 bits per heavy atom. The highest BCUT2D eigenvalue weighted by atomic mass is 16.5. The van der Waals surface area contributed by atoms with Crippen LogP contribution in [-0.2, 0) is 25.5 Å². The zero-order valence-electron chi connectivity index (χ0n) is 35.8. The first-order chi connectivity index (χ1) is 30.6. The van der Waals surface area contributed by atoms with Gasteiger partial charge in [0.25, 0.3) is 0 Å². The summed E-state index contributed by atoms with van der Waals surface area (Å²) >= 11 is 0. The van der Waals surface area contributed by atoms with E-state index in [2.05, 4.69) is 25.6 Å². The summed E-state index contributed by atoms with van der Waals surface area (Å²) in [4.78, 5) is 81.4. The van der Waals surface area contributed by atoms with Crippen LogP contribution in [0.15, 0.2) is 91.4 Å². The molecule has 0 radical (unpaired) electrons. The molecule has 63 heavy (non-hydrogen) atoms. The number of likely N-dealkylation sites (tertiary alicyclic amines) is 2. The lowest BCUT2D eigenvalue weighted by atomic mass is 10.0. The fraction of sp³-hybridized carbons (Fsp3) is 0.362. The second kappa shape index (κ2) is 18.9. The summed E-state index contributed by atoms with van der Waals surface area (Å²) in [5.74, 6) is 0.964. The number of methoxy groups -OCH3 is 2. The Kier molecular flexibility index (Phi) is 12.8. The summed E-state index contributed by atoms with van der Waals surface area (Å²) in [6, 6.07) is 21.8. The van der Waals surface area contributed by atoms with Crippen LogP contribution in [0.25, 0.3) is 44.8 Å². The summed E-state index contributed by atoms with van der Waals surface area (Å²) in [5.41, 5.74) is 7.62. The maximum atomic E-state index is 13.9. The molecule has 16 heteroatoms. The number of alkyl carbamates (subject to hydrolysis) is 2. The van der Waals surface area contributed by atoms with Crippen molar-refractivity contribution in [2.45, 2.75) is 76.5 Å². The average molecular weight is 853 g/mol. The molecule has 5 heterocycles. The van der Waals surface area contributed by atoms with Crippen molar-refractivity contribution in [2.75, 3.05) is 27.3 Å². The van der Waals surface area contributed by atoms with Crippen LogP contribution in [0.1, 0.15) is 75.2 Å². The van der Waals surface area contributed by atoms with Crippen LogP contribution in [0.2, 0.25) is 0 Å². The minimum absolute atomic E-state index is 0.116. The third-order valence-electron chi connectivity index (χ3n) is 12.0. The van der Waals surface area contributed by atoms with Gasteiger partial charge in [-0.15, -0.1) is 0 Å². The van der Waals surface area contributed by atoms with Gasteiger partial charge in [0.2, 0.25) is 11.8 Å². The van der Waals surface area contributed by atoms with E-state index < -0.39 is 24.3 Å². The molecule has 2 aliphatic rings. The van der Waals surface area contributed by atoms with E-state index >= 15 is 0 Å². The predicted octanol–water partition coefficient (Wildman–Crippen LogP) is 7.14. The van der Waals surface area contributed by atoms with Gasteiger partial charge >= 0.3 is 12.2 Å². The van der Waals surface area contributed by atoms with E-state index in [0.29, 0.717) is 37.6 Å². The maximum absolute atomic E-state index is 13.9. The average Bonchev–Trinajstić information content (AvgIpc) is 4.16. The first-order valence-corrected chi connectivity index (χ1v) is 21.4. The molecule has 4 amide bonds. The van der Waals surface area contributed by atoms with Gasteiger partial charge in [-0.3, -0.25) is 14.6 Å². The van der Waals surface area contributed by atoms with Gasteiger partial charge in [0.1, 0.15) is 23.7 Å².